The predicted octanol–water partition coefficient (Wildman–Crippen LogP) is 3.15. The lowest BCUT2D eigenvalue weighted by Gasteiger charge is -2.35. The summed E-state index contributed by atoms with van der Waals surface area (Å²) in [6.07, 6.45) is -4.51. The molecule has 0 spiro atoms. The highest BCUT2D eigenvalue weighted by Gasteiger charge is 2.57. The highest BCUT2D eigenvalue weighted by Crippen LogP contribution is 2.35. The van der Waals surface area contributed by atoms with Gasteiger partial charge in [-0.25, -0.2) is 4.39 Å². The number of amidine groups is 1. The van der Waals surface area contributed by atoms with E-state index in [1.807, 2.05) is 0 Å². The van der Waals surface area contributed by atoms with Gasteiger partial charge in [-0.3, -0.25) is 9.79 Å². The van der Waals surface area contributed by atoms with E-state index in [1.165, 1.54) is 43.5 Å². The van der Waals surface area contributed by atoms with Crippen LogP contribution in [0.3, 0.4) is 0 Å². The van der Waals surface area contributed by atoms with Gasteiger partial charge in [-0.2, -0.15) is 18.2 Å². The number of carbonyl (C=O) groups is 1. The smallest absolute Gasteiger partial charge is 0.424 e. The Balaban J connectivity index is 0.000000244. The standard InChI is InChI=1S/C13H12FN3O2.C7H11F3N2O/c1-19-11-7-6-10(12(15)17-11)13(18)16-9-4-2-8(14)3-5-9;1-4-3-13-6(2,5(11)12-4)7(8,9)10/h2-7H,1H3,(H2,15,17)(H,16,18);4H,3H2,1-2H3,(H2,11,12)/t;4-,6+/m.0/s1. The van der Waals surface area contributed by atoms with E-state index in [9.17, 15) is 22.4 Å². The molecule has 0 bridgehead atoms. The van der Waals surface area contributed by atoms with Crippen LogP contribution in [0.2, 0.25) is 0 Å². The van der Waals surface area contributed by atoms with Gasteiger partial charge in [-0.05, 0) is 44.2 Å². The number of amides is 1. The first-order valence-corrected chi connectivity index (χ1v) is 9.29. The highest BCUT2D eigenvalue weighted by molar-refractivity contribution is 6.07. The number of aromatic nitrogens is 1. The van der Waals surface area contributed by atoms with Crippen LogP contribution in [-0.4, -0.2) is 48.3 Å². The number of hydrogen-bond acceptors (Lipinski definition) is 7. The number of nitrogens with two attached hydrogens (primary N) is 2. The van der Waals surface area contributed by atoms with Crippen molar-refractivity contribution >= 4 is 23.2 Å². The molecule has 12 heteroatoms. The number of nitrogen functional groups attached to an aromatic ring is 1. The molecule has 2 heterocycles. The summed E-state index contributed by atoms with van der Waals surface area (Å²) in [5, 5.41) is 2.60. The Morgan fingerprint density at radius 1 is 1.22 bits per heavy atom. The van der Waals surface area contributed by atoms with Crippen LogP contribution in [0, 0.1) is 5.82 Å². The summed E-state index contributed by atoms with van der Waals surface area (Å²) in [6, 6.07) is 8.17. The first-order chi connectivity index (χ1) is 14.9. The molecule has 5 N–H and O–H groups in total. The monoisotopic (exact) mass is 457 g/mol. The van der Waals surface area contributed by atoms with Crippen LogP contribution in [0.1, 0.15) is 24.2 Å². The fourth-order valence-electron chi connectivity index (χ4n) is 2.48. The number of halogens is 4. The number of nitrogens with zero attached hydrogens (tertiary/aromatic N) is 2. The molecular formula is C20H23F4N5O3. The molecule has 3 rings (SSSR count). The van der Waals surface area contributed by atoms with E-state index in [-0.39, 0.29) is 29.8 Å². The van der Waals surface area contributed by atoms with Crippen LogP contribution in [0.25, 0.3) is 0 Å². The SMILES string of the molecule is COc1ccc(C(=O)Nc2ccc(F)cc2)c(N)n1.C[C@H]1CO[C@@](C)(C(F)(F)F)C(N)=N1. The van der Waals surface area contributed by atoms with E-state index in [2.05, 4.69) is 20.0 Å². The summed E-state index contributed by atoms with van der Waals surface area (Å²) in [6.45, 7) is 2.47. The molecule has 0 fully saturated rings. The maximum atomic E-state index is 12.7. The molecule has 1 aliphatic rings. The van der Waals surface area contributed by atoms with Crippen molar-refractivity contribution in [1.82, 2.24) is 4.98 Å². The zero-order valence-electron chi connectivity index (χ0n) is 17.5. The fourth-order valence-corrected chi connectivity index (χ4v) is 2.48. The van der Waals surface area contributed by atoms with Crippen LogP contribution in [0.5, 0.6) is 5.88 Å². The van der Waals surface area contributed by atoms with Gasteiger partial charge < -0.3 is 26.3 Å². The van der Waals surface area contributed by atoms with Crippen molar-refractivity contribution in [2.75, 3.05) is 24.8 Å². The van der Waals surface area contributed by atoms with Gasteiger partial charge in [-0.15, -0.1) is 0 Å². The van der Waals surface area contributed by atoms with Crippen molar-refractivity contribution in [2.45, 2.75) is 31.7 Å². The van der Waals surface area contributed by atoms with Crippen molar-refractivity contribution in [3.8, 4) is 5.88 Å². The largest absolute Gasteiger partial charge is 0.481 e. The highest BCUT2D eigenvalue weighted by atomic mass is 19.4. The van der Waals surface area contributed by atoms with Crippen molar-refractivity contribution in [1.29, 1.82) is 0 Å². The molecule has 1 amide bonds. The Morgan fingerprint density at radius 2 is 1.84 bits per heavy atom. The average molecular weight is 457 g/mol. The Kier molecular flexibility index (Phi) is 7.62. The third-order valence-corrected chi connectivity index (χ3v) is 4.46. The van der Waals surface area contributed by atoms with E-state index in [0.29, 0.717) is 11.6 Å². The van der Waals surface area contributed by atoms with Gasteiger partial charge in [0.25, 0.3) is 5.91 Å². The summed E-state index contributed by atoms with van der Waals surface area (Å²) >= 11 is 0. The number of aliphatic imine (C=N–C) groups is 1. The zero-order chi connectivity index (χ0) is 24.1. The van der Waals surface area contributed by atoms with E-state index in [4.69, 9.17) is 16.2 Å². The minimum Gasteiger partial charge on any atom is -0.481 e. The van der Waals surface area contributed by atoms with E-state index >= 15 is 0 Å². The molecule has 0 aliphatic carbocycles. The summed E-state index contributed by atoms with van der Waals surface area (Å²) in [5.74, 6) is -0.892. The molecule has 0 unspecified atom stereocenters. The van der Waals surface area contributed by atoms with Crippen molar-refractivity contribution in [3.63, 3.8) is 0 Å². The lowest BCUT2D eigenvalue weighted by atomic mass is 10.0. The molecular weight excluding hydrogens is 434 g/mol. The number of benzene rings is 1. The predicted molar refractivity (Wildman–Crippen MR) is 111 cm³/mol. The number of pyridine rings is 1. The Hall–Kier alpha value is -3.41. The Labute approximate surface area is 181 Å². The molecule has 0 saturated carbocycles. The second-order valence-corrected chi connectivity index (χ2v) is 6.95. The van der Waals surface area contributed by atoms with E-state index in [0.717, 1.165) is 6.92 Å². The molecule has 1 aromatic carbocycles. The quantitative estimate of drug-likeness (QED) is 0.608. The molecule has 1 aromatic heterocycles. The van der Waals surface area contributed by atoms with Gasteiger partial charge in [0.15, 0.2) is 0 Å². The molecule has 0 radical (unpaired) electrons. The number of carbonyl (C=O) groups excluding carboxylic acids is 1. The van der Waals surface area contributed by atoms with Crippen LogP contribution in [-0.2, 0) is 4.74 Å². The Morgan fingerprint density at radius 3 is 2.34 bits per heavy atom. The van der Waals surface area contributed by atoms with Crippen molar-refractivity contribution < 1.29 is 31.8 Å². The maximum absolute atomic E-state index is 12.7. The normalized spacial score (nSPS) is 20.5. The molecule has 174 valence electrons. The van der Waals surface area contributed by atoms with Gasteiger partial charge in [0.1, 0.15) is 17.5 Å². The first-order valence-electron chi connectivity index (χ1n) is 9.29. The van der Waals surface area contributed by atoms with Gasteiger partial charge in [0.05, 0.1) is 25.3 Å². The Bertz CT molecular complexity index is 982. The maximum Gasteiger partial charge on any atom is 0.424 e. The molecule has 1 aliphatic heterocycles. The minimum absolute atomic E-state index is 0.0588. The molecule has 32 heavy (non-hydrogen) atoms. The van der Waals surface area contributed by atoms with E-state index < -0.39 is 23.5 Å². The average Bonchev–Trinajstić information content (AvgIpc) is 2.72. The lowest BCUT2D eigenvalue weighted by Crippen LogP contribution is -2.58. The van der Waals surface area contributed by atoms with Gasteiger partial charge in [-0.1, -0.05) is 0 Å². The number of hydrogen-bond donors (Lipinski definition) is 3. The van der Waals surface area contributed by atoms with Gasteiger partial charge >= 0.3 is 6.18 Å². The third kappa shape index (κ3) is 5.84. The second kappa shape index (κ2) is 9.81. The fraction of sp³-hybridized carbons (Fsp3) is 0.350. The minimum atomic E-state index is -4.51. The first kappa shape index (κ1) is 24.9. The topological polar surface area (TPSA) is 125 Å². The van der Waals surface area contributed by atoms with Crippen LogP contribution < -0.4 is 21.5 Å². The summed E-state index contributed by atoms with van der Waals surface area (Å²) in [4.78, 5) is 19.5. The third-order valence-electron chi connectivity index (χ3n) is 4.46. The molecule has 2 atom stereocenters. The van der Waals surface area contributed by atoms with Crippen LogP contribution in [0.4, 0.5) is 29.1 Å². The van der Waals surface area contributed by atoms with Gasteiger partial charge in [0.2, 0.25) is 11.5 Å². The zero-order valence-corrected chi connectivity index (χ0v) is 17.5. The summed E-state index contributed by atoms with van der Waals surface area (Å²) in [7, 11) is 1.46. The second-order valence-electron chi connectivity index (χ2n) is 6.95. The number of methoxy groups -OCH3 is 1. The summed E-state index contributed by atoms with van der Waals surface area (Å²) in [5.41, 5.74) is 9.14. The number of rotatable bonds is 3. The molecule has 2 aromatic rings. The van der Waals surface area contributed by atoms with Crippen molar-refractivity contribution in [2.24, 2.45) is 10.7 Å². The number of anilines is 2. The van der Waals surface area contributed by atoms with Crippen LogP contribution in [0.15, 0.2) is 41.4 Å². The number of nitrogens with one attached hydrogen (secondary N) is 1. The molecule has 0 saturated heterocycles. The van der Waals surface area contributed by atoms with Crippen molar-refractivity contribution in [3.05, 3.63) is 47.8 Å². The molecule has 8 nitrogen and oxygen atoms in total. The lowest BCUT2D eigenvalue weighted by molar-refractivity contribution is -0.245. The van der Waals surface area contributed by atoms with Gasteiger partial charge in [0, 0.05) is 11.8 Å². The number of ether oxygens (including phenoxy) is 2. The van der Waals surface area contributed by atoms with Crippen LogP contribution >= 0.6 is 0 Å². The number of alkyl halides is 3. The summed E-state index contributed by atoms with van der Waals surface area (Å²) < 4.78 is 59.6. The van der Waals surface area contributed by atoms with E-state index in [1.54, 1.807) is 6.92 Å².